The van der Waals surface area contributed by atoms with Gasteiger partial charge >= 0.3 is 17.6 Å². The zero-order valence-electron chi connectivity index (χ0n) is 12.7. The van der Waals surface area contributed by atoms with Crippen molar-refractivity contribution < 1.29 is 23.8 Å². The fourth-order valence-electron chi connectivity index (χ4n) is 2.34. The molecule has 1 aliphatic rings. The molecule has 0 radical (unpaired) electrons. The molecule has 0 amide bonds. The number of nitrogen functional groups attached to an aromatic ring is 1. The van der Waals surface area contributed by atoms with Crippen molar-refractivity contribution >= 4 is 40.3 Å². The van der Waals surface area contributed by atoms with Crippen molar-refractivity contribution in [3.63, 3.8) is 0 Å². The van der Waals surface area contributed by atoms with Gasteiger partial charge in [0.2, 0.25) is 0 Å². The number of aromatic nitrogens is 2. The third kappa shape index (κ3) is 3.80. The average molecular weight is 437 g/mol. The van der Waals surface area contributed by atoms with E-state index in [4.69, 9.17) is 19.9 Å². The van der Waals surface area contributed by atoms with E-state index in [1.807, 2.05) is 22.6 Å². The maximum atomic E-state index is 12.1. The lowest BCUT2D eigenvalue weighted by Gasteiger charge is -2.23. The summed E-state index contributed by atoms with van der Waals surface area (Å²) in [7, 11) is 0. The average Bonchev–Trinajstić information content (AvgIpc) is 2.70. The van der Waals surface area contributed by atoms with Crippen LogP contribution in [0, 0.1) is 3.57 Å². The SMILES string of the molecule is CC(=O)O[C@@H]1[C@H](OC(C)=O)[C@@H](C)O[C@H]1n1cc(I)c(N)nc1=O. The molecule has 23 heavy (non-hydrogen) atoms. The molecule has 1 aromatic rings. The molecule has 0 unspecified atom stereocenters. The van der Waals surface area contributed by atoms with Crippen molar-refractivity contribution in [2.75, 3.05) is 5.73 Å². The summed E-state index contributed by atoms with van der Waals surface area (Å²) in [6, 6.07) is 0. The molecule has 0 saturated carbocycles. The normalized spacial score (nSPS) is 26.8. The molecule has 1 saturated heterocycles. The van der Waals surface area contributed by atoms with Crippen molar-refractivity contribution in [3.05, 3.63) is 20.3 Å². The largest absolute Gasteiger partial charge is 0.456 e. The second-order valence-corrected chi connectivity index (χ2v) is 6.21. The molecule has 2 N–H and O–H groups in total. The van der Waals surface area contributed by atoms with Crippen LogP contribution in [-0.4, -0.2) is 39.8 Å². The zero-order valence-corrected chi connectivity index (χ0v) is 14.8. The van der Waals surface area contributed by atoms with Crippen molar-refractivity contribution in [2.45, 2.75) is 45.3 Å². The predicted molar refractivity (Wildman–Crippen MR) is 86.3 cm³/mol. The summed E-state index contributed by atoms with van der Waals surface area (Å²) in [6.07, 6.45) is -1.88. The molecule has 1 fully saturated rings. The van der Waals surface area contributed by atoms with E-state index in [1.54, 1.807) is 6.92 Å². The summed E-state index contributed by atoms with van der Waals surface area (Å²) in [4.78, 5) is 38.4. The second-order valence-electron chi connectivity index (χ2n) is 5.04. The van der Waals surface area contributed by atoms with Crippen LogP contribution in [0.15, 0.2) is 11.0 Å². The lowest BCUT2D eigenvalue weighted by Crippen LogP contribution is -2.40. The van der Waals surface area contributed by atoms with Crippen LogP contribution < -0.4 is 11.4 Å². The van der Waals surface area contributed by atoms with Crippen LogP contribution in [0.1, 0.15) is 27.0 Å². The van der Waals surface area contributed by atoms with Gasteiger partial charge in [0.15, 0.2) is 18.4 Å². The Balaban J connectivity index is 2.43. The highest BCUT2D eigenvalue weighted by Gasteiger charge is 2.48. The number of halogens is 1. The molecule has 0 aliphatic carbocycles. The lowest BCUT2D eigenvalue weighted by molar-refractivity contribution is -0.165. The Bertz CT molecular complexity index is 691. The third-order valence-corrected chi connectivity index (χ3v) is 4.07. The molecule has 4 atom stereocenters. The second kappa shape index (κ2) is 6.83. The first-order valence-electron chi connectivity index (χ1n) is 6.74. The smallest absolute Gasteiger partial charge is 0.351 e. The van der Waals surface area contributed by atoms with E-state index in [-0.39, 0.29) is 5.82 Å². The molecule has 9 nitrogen and oxygen atoms in total. The monoisotopic (exact) mass is 437 g/mol. The molecule has 1 aromatic heterocycles. The van der Waals surface area contributed by atoms with E-state index in [2.05, 4.69) is 4.98 Å². The number of hydrogen-bond acceptors (Lipinski definition) is 8. The Morgan fingerprint density at radius 2 is 1.87 bits per heavy atom. The molecule has 2 heterocycles. The summed E-state index contributed by atoms with van der Waals surface area (Å²) in [5.41, 5.74) is 4.94. The van der Waals surface area contributed by atoms with Gasteiger partial charge in [0.25, 0.3) is 0 Å². The topological polar surface area (TPSA) is 123 Å². The van der Waals surface area contributed by atoms with Gasteiger partial charge in [0.1, 0.15) is 5.82 Å². The number of carbonyl (C=O) groups is 2. The Labute approximate surface area is 145 Å². The summed E-state index contributed by atoms with van der Waals surface area (Å²) < 4.78 is 17.8. The minimum atomic E-state index is -0.967. The first-order valence-corrected chi connectivity index (χ1v) is 7.82. The first-order chi connectivity index (χ1) is 10.7. The molecular formula is C13H16IN3O6. The van der Waals surface area contributed by atoms with Crippen LogP contribution >= 0.6 is 22.6 Å². The van der Waals surface area contributed by atoms with Gasteiger partial charge in [0.05, 0.1) is 9.67 Å². The van der Waals surface area contributed by atoms with Crippen LogP contribution in [0.3, 0.4) is 0 Å². The van der Waals surface area contributed by atoms with Crippen LogP contribution in [0.2, 0.25) is 0 Å². The van der Waals surface area contributed by atoms with E-state index in [9.17, 15) is 14.4 Å². The number of esters is 2. The Morgan fingerprint density at radius 1 is 1.30 bits per heavy atom. The van der Waals surface area contributed by atoms with Gasteiger partial charge in [0, 0.05) is 20.0 Å². The van der Waals surface area contributed by atoms with Gasteiger partial charge in [-0.25, -0.2) is 4.79 Å². The Morgan fingerprint density at radius 3 is 2.43 bits per heavy atom. The minimum absolute atomic E-state index is 0.0958. The molecule has 2 rings (SSSR count). The van der Waals surface area contributed by atoms with Gasteiger partial charge in [-0.1, -0.05) is 0 Å². The maximum absolute atomic E-state index is 12.1. The van der Waals surface area contributed by atoms with Gasteiger partial charge in [-0.2, -0.15) is 4.98 Å². The molecule has 126 valence electrons. The maximum Gasteiger partial charge on any atom is 0.351 e. The number of rotatable bonds is 3. The Kier molecular flexibility index (Phi) is 5.24. The highest BCUT2D eigenvalue weighted by Crippen LogP contribution is 2.33. The molecule has 0 aromatic carbocycles. The van der Waals surface area contributed by atoms with Crippen molar-refractivity contribution in [1.82, 2.24) is 9.55 Å². The van der Waals surface area contributed by atoms with Crippen LogP contribution in [-0.2, 0) is 23.8 Å². The predicted octanol–water partition coefficient (Wildman–Crippen LogP) is 0.211. The number of anilines is 1. The lowest BCUT2D eigenvalue weighted by atomic mass is 10.1. The van der Waals surface area contributed by atoms with Gasteiger partial charge < -0.3 is 19.9 Å². The van der Waals surface area contributed by atoms with Gasteiger partial charge in [-0.15, -0.1) is 0 Å². The molecule has 1 aliphatic heterocycles. The van der Waals surface area contributed by atoms with Crippen LogP contribution in [0.25, 0.3) is 0 Å². The van der Waals surface area contributed by atoms with E-state index in [1.165, 1.54) is 24.6 Å². The summed E-state index contributed by atoms with van der Waals surface area (Å²) in [6.45, 7) is 4.12. The standard InChI is InChI=1S/C13H16IN3O6/c1-5-9(22-6(2)18)10(23-7(3)19)12(21-5)17-4-8(14)11(15)16-13(17)20/h4-5,9-10,12H,1-3H3,(H2,15,16,20)/t5-,9-,10-,12-/m1/s1. The van der Waals surface area contributed by atoms with Crippen LogP contribution in [0.5, 0.6) is 0 Å². The van der Waals surface area contributed by atoms with Crippen molar-refractivity contribution in [3.8, 4) is 0 Å². The number of nitrogens with zero attached hydrogens (tertiary/aromatic N) is 2. The highest BCUT2D eigenvalue weighted by atomic mass is 127. The van der Waals surface area contributed by atoms with Crippen molar-refractivity contribution in [2.24, 2.45) is 0 Å². The number of ether oxygens (including phenoxy) is 3. The fourth-order valence-corrected chi connectivity index (χ4v) is 2.76. The fraction of sp³-hybridized carbons (Fsp3) is 0.538. The van der Waals surface area contributed by atoms with E-state index >= 15 is 0 Å². The number of nitrogens with two attached hydrogens (primary N) is 1. The van der Waals surface area contributed by atoms with E-state index < -0.39 is 42.2 Å². The Hall–Kier alpha value is -1.69. The van der Waals surface area contributed by atoms with Crippen molar-refractivity contribution in [1.29, 1.82) is 0 Å². The zero-order chi connectivity index (χ0) is 17.3. The quantitative estimate of drug-likeness (QED) is 0.526. The van der Waals surface area contributed by atoms with Crippen LogP contribution in [0.4, 0.5) is 5.82 Å². The summed E-state index contributed by atoms with van der Waals surface area (Å²) in [5, 5.41) is 0. The van der Waals surface area contributed by atoms with Gasteiger partial charge in [-0.05, 0) is 29.5 Å². The summed E-state index contributed by atoms with van der Waals surface area (Å²) in [5.74, 6) is -1.03. The number of hydrogen-bond donors (Lipinski definition) is 1. The van der Waals surface area contributed by atoms with Gasteiger partial charge in [-0.3, -0.25) is 14.2 Å². The number of carbonyl (C=O) groups excluding carboxylic acids is 2. The molecule has 0 spiro atoms. The molecule has 10 heteroatoms. The minimum Gasteiger partial charge on any atom is -0.456 e. The third-order valence-electron chi connectivity index (χ3n) is 3.23. The highest BCUT2D eigenvalue weighted by molar-refractivity contribution is 14.1. The molecule has 0 bridgehead atoms. The van der Waals surface area contributed by atoms with E-state index in [0.29, 0.717) is 3.57 Å². The summed E-state index contributed by atoms with van der Waals surface area (Å²) >= 11 is 1.92. The van der Waals surface area contributed by atoms with E-state index in [0.717, 1.165) is 0 Å². The first kappa shape index (κ1) is 17.7. The molecular weight excluding hydrogens is 421 g/mol.